The third-order valence-electron chi connectivity index (χ3n) is 4.57. The number of nitrogens with zero attached hydrogens (tertiary/aromatic N) is 1. The van der Waals surface area contributed by atoms with Gasteiger partial charge in [0.2, 0.25) is 0 Å². The van der Waals surface area contributed by atoms with Gasteiger partial charge in [0, 0.05) is 24.8 Å². The monoisotopic (exact) mass is 320 g/mol. The molecule has 4 nitrogen and oxygen atoms in total. The molecule has 1 aromatic carbocycles. The van der Waals surface area contributed by atoms with Crippen LogP contribution in [0.25, 0.3) is 0 Å². The van der Waals surface area contributed by atoms with Gasteiger partial charge in [0.05, 0.1) is 0 Å². The Morgan fingerprint density at radius 2 is 2.00 bits per heavy atom. The van der Waals surface area contributed by atoms with Gasteiger partial charge < -0.3 is 15.3 Å². The largest absolute Gasteiger partial charge is 0.381 e. The lowest BCUT2D eigenvalue weighted by atomic mass is 9.93. The van der Waals surface area contributed by atoms with E-state index in [1.807, 2.05) is 47.0 Å². The van der Waals surface area contributed by atoms with E-state index < -0.39 is 5.60 Å². The minimum absolute atomic E-state index is 0.0626. The van der Waals surface area contributed by atoms with Gasteiger partial charge in [0.25, 0.3) is 5.91 Å². The fraction of sp³-hybridized carbons (Fsp3) is 0.588. The SMILES string of the molecule is O=C(N1CCCC(Nc2ccccc2)C1)C1(O)CCSCC1. The Hall–Kier alpha value is -1.20. The number of amides is 1. The van der Waals surface area contributed by atoms with Gasteiger partial charge in [0.15, 0.2) is 0 Å². The number of piperidine rings is 1. The molecule has 120 valence electrons. The van der Waals surface area contributed by atoms with Crippen molar-refractivity contribution >= 4 is 23.4 Å². The molecule has 1 aromatic rings. The van der Waals surface area contributed by atoms with Gasteiger partial charge in [-0.15, -0.1) is 0 Å². The van der Waals surface area contributed by atoms with E-state index in [1.54, 1.807) is 0 Å². The average Bonchev–Trinajstić information content (AvgIpc) is 2.56. The number of aliphatic hydroxyl groups is 1. The van der Waals surface area contributed by atoms with Gasteiger partial charge >= 0.3 is 0 Å². The number of carbonyl (C=O) groups excluding carboxylic acids is 1. The number of para-hydroxylation sites is 1. The van der Waals surface area contributed by atoms with Crippen LogP contribution in [0.15, 0.2) is 30.3 Å². The molecule has 0 saturated carbocycles. The zero-order chi connectivity index (χ0) is 15.4. The van der Waals surface area contributed by atoms with Crippen LogP contribution in [0.1, 0.15) is 25.7 Å². The molecule has 5 heteroatoms. The first-order valence-electron chi connectivity index (χ1n) is 8.08. The van der Waals surface area contributed by atoms with E-state index in [2.05, 4.69) is 5.32 Å². The van der Waals surface area contributed by atoms with Crippen LogP contribution in [0.5, 0.6) is 0 Å². The second kappa shape index (κ2) is 6.92. The maximum atomic E-state index is 12.7. The second-order valence-electron chi connectivity index (χ2n) is 6.24. The molecule has 1 unspecified atom stereocenters. The molecule has 2 aliphatic heterocycles. The lowest BCUT2D eigenvalue weighted by molar-refractivity contribution is -0.153. The van der Waals surface area contributed by atoms with Crippen LogP contribution < -0.4 is 5.32 Å². The van der Waals surface area contributed by atoms with E-state index in [-0.39, 0.29) is 11.9 Å². The van der Waals surface area contributed by atoms with Crippen molar-refractivity contribution in [1.82, 2.24) is 4.90 Å². The molecule has 22 heavy (non-hydrogen) atoms. The Labute approximate surface area is 136 Å². The molecule has 2 N–H and O–H groups in total. The molecule has 2 fully saturated rings. The van der Waals surface area contributed by atoms with Gasteiger partial charge in [-0.3, -0.25) is 4.79 Å². The topological polar surface area (TPSA) is 52.6 Å². The lowest BCUT2D eigenvalue weighted by Gasteiger charge is -2.40. The predicted molar refractivity (Wildman–Crippen MR) is 91.2 cm³/mol. The molecule has 1 atom stereocenters. The number of hydrogen-bond acceptors (Lipinski definition) is 4. The van der Waals surface area contributed by atoms with E-state index in [1.165, 1.54) is 0 Å². The van der Waals surface area contributed by atoms with Crippen LogP contribution in [-0.4, -0.2) is 52.2 Å². The van der Waals surface area contributed by atoms with E-state index >= 15 is 0 Å². The van der Waals surface area contributed by atoms with Crippen LogP contribution in [0.4, 0.5) is 5.69 Å². The number of rotatable bonds is 3. The molecule has 0 bridgehead atoms. The van der Waals surface area contributed by atoms with Crippen molar-refractivity contribution in [2.75, 3.05) is 29.9 Å². The highest BCUT2D eigenvalue weighted by atomic mass is 32.2. The summed E-state index contributed by atoms with van der Waals surface area (Å²) in [7, 11) is 0. The smallest absolute Gasteiger partial charge is 0.254 e. The maximum absolute atomic E-state index is 12.7. The summed E-state index contributed by atoms with van der Waals surface area (Å²) >= 11 is 1.82. The van der Waals surface area contributed by atoms with Crippen molar-refractivity contribution in [3.05, 3.63) is 30.3 Å². The number of carbonyl (C=O) groups is 1. The fourth-order valence-electron chi connectivity index (χ4n) is 3.27. The molecule has 0 radical (unpaired) electrons. The number of anilines is 1. The van der Waals surface area contributed by atoms with Gasteiger partial charge in [0.1, 0.15) is 5.60 Å². The van der Waals surface area contributed by atoms with Crippen molar-refractivity contribution in [2.45, 2.75) is 37.3 Å². The van der Waals surface area contributed by atoms with Gasteiger partial charge in [-0.25, -0.2) is 0 Å². The van der Waals surface area contributed by atoms with Gasteiger partial charge in [-0.1, -0.05) is 18.2 Å². The molecule has 2 heterocycles. The van der Waals surface area contributed by atoms with Crippen LogP contribution in [0.2, 0.25) is 0 Å². The summed E-state index contributed by atoms with van der Waals surface area (Å²) in [5.41, 5.74) is -0.0329. The van der Waals surface area contributed by atoms with Crippen LogP contribution >= 0.6 is 11.8 Å². The highest BCUT2D eigenvalue weighted by Gasteiger charge is 2.41. The molecule has 2 saturated heterocycles. The summed E-state index contributed by atoms with van der Waals surface area (Å²) in [5, 5.41) is 14.1. The molecule has 2 aliphatic rings. The average molecular weight is 320 g/mol. The molecule has 0 aromatic heterocycles. The number of likely N-dealkylation sites (tertiary alicyclic amines) is 1. The van der Waals surface area contributed by atoms with Crippen LogP contribution in [0.3, 0.4) is 0 Å². The van der Waals surface area contributed by atoms with Crippen LogP contribution in [0, 0.1) is 0 Å². The van der Waals surface area contributed by atoms with Gasteiger partial charge in [-0.2, -0.15) is 11.8 Å². The van der Waals surface area contributed by atoms with Crippen molar-refractivity contribution in [2.24, 2.45) is 0 Å². The number of benzene rings is 1. The minimum atomic E-state index is -1.13. The first-order valence-corrected chi connectivity index (χ1v) is 9.24. The Balaban J connectivity index is 1.61. The van der Waals surface area contributed by atoms with Crippen molar-refractivity contribution in [1.29, 1.82) is 0 Å². The minimum Gasteiger partial charge on any atom is -0.381 e. The normalized spacial score (nSPS) is 24.8. The highest BCUT2D eigenvalue weighted by molar-refractivity contribution is 7.99. The Morgan fingerprint density at radius 3 is 2.73 bits per heavy atom. The summed E-state index contributed by atoms with van der Waals surface area (Å²) in [6, 6.07) is 10.4. The molecule has 1 amide bonds. The summed E-state index contributed by atoms with van der Waals surface area (Å²) < 4.78 is 0. The third-order valence-corrected chi connectivity index (χ3v) is 5.56. The first-order chi connectivity index (χ1) is 10.7. The van der Waals surface area contributed by atoms with E-state index in [9.17, 15) is 9.90 Å². The Kier molecular flexibility index (Phi) is 4.93. The zero-order valence-electron chi connectivity index (χ0n) is 12.8. The summed E-state index contributed by atoms with van der Waals surface area (Å²) in [4.78, 5) is 14.6. The number of hydrogen-bond donors (Lipinski definition) is 2. The third kappa shape index (κ3) is 3.58. The number of nitrogens with one attached hydrogen (secondary N) is 1. The Bertz CT molecular complexity index is 503. The molecular formula is C17H24N2O2S. The quantitative estimate of drug-likeness (QED) is 0.898. The Morgan fingerprint density at radius 1 is 1.27 bits per heavy atom. The predicted octanol–water partition coefficient (Wildman–Crippen LogP) is 2.35. The van der Waals surface area contributed by atoms with Gasteiger partial charge in [-0.05, 0) is 49.3 Å². The highest BCUT2D eigenvalue weighted by Crippen LogP contribution is 2.30. The standard InChI is InChI=1S/C17H24N2O2S/c20-16(17(21)8-11-22-12-9-17)19-10-4-7-15(13-19)18-14-5-2-1-3-6-14/h1-3,5-6,15,18,21H,4,7-13H2. The van der Waals surface area contributed by atoms with E-state index in [0.29, 0.717) is 19.4 Å². The van der Waals surface area contributed by atoms with E-state index in [0.717, 1.165) is 36.6 Å². The van der Waals surface area contributed by atoms with Crippen LogP contribution in [-0.2, 0) is 4.79 Å². The van der Waals surface area contributed by atoms with E-state index in [4.69, 9.17) is 0 Å². The lowest BCUT2D eigenvalue weighted by Crippen LogP contribution is -2.55. The second-order valence-corrected chi connectivity index (χ2v) is 7.47. The summed E-state index contributed by atoms with van der Waals surface area (Å²) in [6.07, 6.45) is 3.22. The van der Waals surface area contributed by atoms with Crippen molar-refractivity contribution < 1.29 is 9.90 Å². The zero-order valence-corrected chi connectivity index (χ0v) is 13.6. The van der Waals surface area contributed by atoms with Crippen molar-refractivity contribution in [3.63, 3.8) is 0 Å². The van der Waals surface area contributed by atoms with Crippen molar-refractivity contribution in [3.8, 4) is 0 Å². The fourth-order valence-corrected chi connectivity index (χ4v) is 4.43. The summed E-state index contributed by atoms with van der Waals surface area (Å²) in [5.74, 6) is 1.69. The molecule has 0 spiro atoms. The summed E-state index contributed by atoms with van der Waals surface area (Å²) in [6.45, 7) is 1.45. The molecule has 0 aliphatic carbocycles. The molecule has 3 rings (SSSR count). The first kappa shape index (κ1) is 15.7. The maximum Gasteiger partial charge on any atom is 0.254 e. The molecular weight excluding hydrogens is 296 g/mol. The number of thioether (sulfide) groups is 1.